The number of rotatable bonds is 4. The predicted molar refractivity (Wildman–Crippen MR) is 87.2 cm³/mol. The van der Waals surface area contributed by atoms with Gasteiger partial charge in [-0.05, 0) is 42.9 Å². The Bertz CT molecular complexity index is 556. The van der Waals surface area contributed by atoms with Crippen LogP contribution in [-0.2, 0) is 15.9 Å². The van der Waals surface area contributed by atoms with Crippen LogP contribution in [0.1, 0.15) is 37.3 Å². The highest BCUT2D eigenvalue weighted by Gasteiger charge is 2.38. The van der Waals surface area contributed by atoms with Gasteiger partial charge in [-0.2, -0.15) is 0 Å². The number of benzene rings is 1. The van der Waals surface area contributed by atoms with Gasteiger partial charge in [0.05, 0.1) is 20.3 Å². The van der Waals surface area contributed by atoms with Crippen LogP contribution in [0.25, 0.3) is 0 Å². The van der Waals surface area contributed by atoms with Crippen molar-refractivity contribution in [3.8, 4) is 5.75 Å². The minimum absolute atomic E-state index is 0.309. The molecule has 0 bridgehead atoms. The summed E-state index contributed by atoms with van der Waals surface area (Å²) in [7, 11) is 1.74. The van der Waals surface area contributed by atoms with Gasteiger partial charge in [0.25, 0.3) is 0 Å². The van der Waals surface area contributed by atoms with Gasteiger partial charge in [0.15, 0.2) is 5.79 Å². The molecule has 1 unspecified atom stereocenters. The van der Waals surface area contributed by atoms with Crippen molar-refractivity contribution >= 4 is 0 Å². The van der Waals surface area contributed by atoms with Crippen LogP contribution in [-0.4, -0.2) is 26.1 Å². The molecule has 0 N–H and O–H groups in total. The summed E-state index contributed by atoms with van der Waals surface area (Å²) >= 11 is 0. The maximum absolute atomic E-state index is 5.79. The summed E-state index contributed by atoms with van der Waals surface area (Å²) in [6, 6.07) is 6.52. The second-order valence-electron chi connectivity index (χ2n) is 6.50. The molecule has 3 rings (SSSR count). The van der Waals surface area contributed by atoms with E-state index in [2.05, 4.69) is 38.1 Å². The van der Waals surface area contributed by atoms with Crippen molar-refractivity contribution in [2.75, 3.05) is 20.3 Å². The highest BCUT2D eigenvalue weighted by molar-refractivity contribution is 5.37. The molecule has 3 nitrogen and oxygen atoms in total. The van der Waals surface area contributed by atoms with E-state index >= 15 is 0 Å². The molecular weight excluding hydrogens is 276 g/mol. The zero-order chi connectivity index (χ0) is 15.6. The zero-order valence-electron chi connectivity index (χ0n) is 13.9. The lowest BCUT2D eigenvalue weighted by Crippen LogP contribution is -2.32. The Balaban J connectivity index is 1.65. The first-order valence-electron chi connectivity index (χ1n) is 8.22. The molecule has 1 saturated heterocycles. The third kappa shape index (κ3) is 3.21. The number of ether oxygens (including phenoxy) is 3. The third-order valence-electron chi connectivity index (χ3n) is 4.93. The molecular formula is C19H26O3. The van der Waals surface area contributed by atoms with E-state index in [0.29, 0.717) is 5.92 Å². The fourth-order valence-electron chi connectivity index (χ4n) is 3.51. The topological polar surface area (TPSA) is 27.7 Å². The van der Waals surface area contributed by atoms with Crippen LogP contribution in [0.15, 0.2) is 29.8 Å². The van der Waals surface area contributed by atoms with E-state index in [1.165, 1.54) is 16.7 Å². The SMILES string of the molecule is COc1cc(CC(C)C2=CCC3(CC2)OCCO3)ccc1C. The fourth-order valence-corrected chi connectivity index (χ4v) is 3.51. The first-order valence-corrected chi connectivity index (χ1v) is 8.22. The molecule has 1 atom stereocenters. The second kappa shape index (κ2) is 6.43. The van der Waals surface area contributed by atoms with Gasteiger partial charge >= 0.3 is 0 Å². The summed E-state index contributed by atoms with van der Waals surface area (Å²) < 4.78 is 17.0. The molecule has 3 heteroatoms. The molecule has 0 radical (unpaired) electrons. The molecule has 0 saturated carbocycles. The van der Waals surface area contributed by atoms with Crippen molar-refractivity contribution in [2.45, 2.75) is 45.3 Å². The van der Waals surface area contributed by atoms with E-state index in [9.17, 15) is 0 Å². The Hall–Kier alpha value is -1.32. The Labute approximate surface area is 133 Å². The van der Waals surface area contributed by atoms with Crippen LogP contribution in [0.5, 0.6) is 5.75 Å². The molecule has 1 fully saturated rings. The Morgan fingerprint density at radius 3 is 2.68 bits per heavy atom. The molecule has 0 amide bonds. The maximum atomic E-state index is 5.79. The Morgan fingerprint density at radius 2 is 2.05 bits per heavy atom. The van der Waals surface area contributed by atoms with E-state index < -0.39 is 0 Å². The number of aryl methyl sites for hydroxylation is 1. The van der Waals surface area contributed by atoms with E-state index in [1.807, 2.05) is 0 Å². The molecule has 1 aliphatic carbocycles. The van der Waals surface area contributed by atoms with Gasteiger partial charge < -0.3 is 14.2 Å². The molecule has 1 aromatic carbocycles. The summed E-state index contributed by atoms with van der Waals surface area (Å²) in [5.74, 6) is 1.22. The first kappa shape index (κ1) is 15.6. The Kier molecular flexibility index (Phi) is 4.55. The normalized spacial score (nSPS) is 21.7. The molecule has 2 aliphatic rings. The van der Waals surface area contributed by atoms with Gasteiger partial charge in [0.1, 0.15) is 5.75 Å². The number of hydrogen-bond donors (Lipinski definition) is 0. The quantitative estimate of drug-likeness (QED) is 0.786. The summed E-state index contributed by atoms with van der Waals surface area (Å²) in [6.45, 7) is 5.87. The van der Waals surface area contributed by atoms with Gasteiger partial charge in [-0.25, -0.2) is 0 Å². The van der Waals surface area contributed by atoms with Crippen LogP contribution >= 0.6 is 0 Å². The lowest BCUT2D eigenvalue weighted by molar-refractivity contribution is -0.161. The van der Waals surface area contributed by atoms with Gasteiger partial charge in [-0.1, -0.05) is 30.7 Å². The van der Waals surface area contributed by atoms with Crippen molar-refractivity contribution in [3.63, 3.8) is 0 Å². The third-order valence-corrected chi connectivity index (χ3v) is 4.93. The lowest BCUT2D eigenvalue weighted by Gasteiger charge is -2.32. The summed E-state index contributed by atoms with van der Waals surface area (Å²) in [5, 5.41) is 0. The van der Waals surface area contributed by atoms with Crippen molar-refractivity contribution in [1.29, 1.82) is 0 Å². The molecule has 120 valence electrons. The van der Waals surface area contributed by atoms with Crippen LogP contribution in [0, 0.1) is 12.8 Å². The molecule has 1 spiro atoms. The van der Waals surface area contributed by atoms with Gasteiger partial charge in [0, 0.05) is 12.8 Å². The minimum Gasteiger partial charge on any atom is -0.496 e. The van der Waals surface area contributed by atoms with E-state index in [-0.39, 0.29) is 5.79 Å². The smallest absolute Gasteiger partial charge is 0.172 e. The minimum atomic E-state index is -0.309. The summed E-state index contributed by atoms with van der Waals surface area (Å²) in [6.07, 6.45) is 6.34. The second-order valence-corrected chi connectivity index (χ2v) is 6.50. The molecule has 22 heavy (non-hydrogen) atoms. The highest BCUT2D eigenvalue weighted by Crippen LogP contribution is 2.37. The van der Waals surface area contributed by atoms with E-state index in [4.69, 9.17) is 14.2 Å². The number of methoxy groups -OCH3 is 1. The van der Waals surface area contributed by atoms with Gasteiger partial charge in [0.2, 0.25) is 0 Å². The summed E-state index contributed by atoms with van der Waals surface area (Å²) in [4.78, 5) is 0. The highest BCUT2D eigenvalue weighted by atomic mass is 16.7. The van der Waals surface area contributed by atoms with E-state index in [0.717, 1.165) is 44.6 Å². The summed E-state index contributed by atoms with van der Waals surface area (Å²) in [5.41, 5.74) is 4.06. The Morgan fingerprint density at radius 1 is 1.27 bits per heavy atom. The van der Waals surface area contributed by atoms with Crippen LogP contribution in [0.4, 0.5) is 0 Å². The monoisotopic (exact) mass is 302 g/mol. The number of hydrogen-bond acceptors (Lipinski definition) is 3. The standard InChI is InChI=1S/C19H26O3/c1-14-4-5-16(13-18(14)20-3)12-15(2)17-6-8-19(9-7-17)21-10-11-22-19/h4-6,13,15H,7-12H2,1-3H3. The van der Waals surface area contributed by atoms with Crippen LogP contribution in [0.3, 0.4) is 0 Å². The van der Waals surface area contributed by atoms with Crippen LogP contribution < -0.4 is 4.74 Å². The largest absolute Gasteiger partial charge is 0.496 e. The van der Waals surface area contributed by atoms with Crippen molar-refractivity contribution in [1.82, 2.24) is 0 Å². The lowest BCUT2D eigenvalue weighted by atomic mass is 9.84. The molecule has 1 aromatic rings. The van der Waals surface area contributed by atoms with Crippen molar-refractivity contribution in [2.24, 2.45) is 5.92 Å². The predicted octanol–water partition coefficient (Wildman–Crippen LogP) is 4.04. The maximum Gasteiger partial charge on any atom is 0.172 e. The molecule has 1 heterocycles. The van der Waals surface area contributed by atoms with Crippen LogP contribution in [0.2, 0.25) is 0 Å². The average Bonchev–Trinajstić information content (AvgIpc) is 2.98. The number of allylic oxidation sites excluding steroid dienone is 1. The van der Waals surface area contributed by atoms with Crippen molar-refractivity contribution < 1.29 is 14.2 Å². The van der Waals surface area contributed by atoms with Crippen molar-refractivity contribution in [3.05, 3.63) is 41.0 Å². The zero-order valence-corrected chi connectivity index (χ0v) is 13.9. The molecule has 1 aliphatic heterocycles. The van der Waals surface area contributed by atoms with E-state index in [1.54, 1.807) is 7.11 Å². The van der Waals surface area contributed by atoms with Gasteiger partial charge in [-0.15, -0.1) is 0 Å². The fraction of sp³-hybridized carbons (Fsp3) is 0.579. The van der Waals surface area contributed by atoms with Gasteiger partial charge in [-0.3, -0.25) is 0 Å². The first-order chi connectivity index (χ1) is 10.6. The average molecular weight is 302 g/mol. The molecule has 0 aromatic heterocycles.